The Balaban J connectivity index is 1.73. The second-order valence-electron chi connectivity index (χ2n) is 5.87. The highest BCUT2D eigenvalue weighted by Crippen LogP contribution is 2.19. The van der Waals surface area contributed by atoms with Crippen molar-refractivity contribution in [1.29, 1.82) is 0 Å². The fraction of sp³-hybridized carbons (Fsp3) is 0.471. The number of ether oxygens (including phenoxy) is 1. The van der Waals surface area contributed by atoms with Gasteiger partial charge in [0.25, 0.3) is 5.56 Å². The molecular weight excluding hydrogens is 308 g/mol. The Labute approximate surface area is 140 Å². The molecule has 1 aliphatic rings. The van der Waals surface area contributed by atoms with E-state index in [1.807, 2.05) is 25.1 Å². The van der Waals surface area contributed by atoms with E-state index in [1.165, 1.54) is 0 Å². The van der Waals surface area contributed by atoms with Gasteiger partial charge >= 0.3 is 6.09 Å². The number of carbonyl (C=O) groups is 1. The third-order valence-electron chi connectivity index (χ3n) is 4.41. The average Bonchev–Trinajstić information content (AvgIpc) is 2.61. The van der Waals surface area contributed by atoms with Crippen LogP contribution >= 0.6 is 0 Å². The summed E-state index contributed by atoms with van der Waals surface area (Å²) in [5.41, 5.74) is 0.584. The van der Waals surface area contributed by atoms with E-state index in [-0.39, 0.29) is 17.7 Å². The van der Waals surface area contributed by atoms with Crippen LogP contribution in [0.4, 0.5) is 4.79 Å². The fourth-order valence-electron chi connectivity index (χ4n) is 2.98. The minimum atomic E-state index is -0.262. The monoisotopic (exact) mass is 330 g/mol. The zero-order valence-electron chi connectivity index (χ0n) is 14.0. The zero-order chi connectivity index (χ0) is 17.1. The zero-order valence-corrected chi connectivity index (χ0v) is 14.0. The fourth-order valence-corrected chi connectivity index (χ4v) is 2.98. The van der Waals surface area contributed by atoms with Gasteiger partial charge in [-0.05, 0) is 26.0 Å². The molecule has 0 aliphatic carbocycles. The number of nitrogens with one attached hydrogen (secondary N) is 1. The summed E-state index contributed by atoms with van der Waals surface area (Å²) >= 11 is 0. The number of nitrogens with zero attached hydrogens (tertiary/aromatic N) is 3. The maximum absolute atomic E-state index is 12.2. The van der Waals surface area contributed by atoms with Crippen LogP contribution in [0.2, 0.25) is 0 Å². The van der Waals surface area contributed by atoms with E-state index >= 15 is 0 Å². The van der Waals surface area contributed by atoms with Gasteiger partial charge in [-0.2, -0.15) is 0 Å². The van der Waals surface area contributed by atoms with Crippen LogP contribution in [0.15, 0.2) is 29.1 Å². The maximum Gasteiger partial charge on any atom is 0.409 e. The van der Waals surface area contributed by atoms with Gasteiger partial charge in [0.1, 0.15) is 5.82 Å². The van der Waals surface area contributed by atoms with Gasteiger partial charge in [-0.15, -0.1) is 0 Å². The molecule has 7 heteroatoms. The van der Waals surface area contributed by atoms with E-state index < -0.39 is 0 Å². The predicted molar refractivity (Wildman–Crippen MR) is 90.9 cm³/mol. The summed E-state index contributed by atoms with van der Waals surface area (Å²) in [4.78, 5) is 35.4. The topological polar surface area (TPSA) is 78.5 Å². The standard InChI is InChI=1S/C17H22N4O3/c1-3-24-17(23)21-10-8-20(9-11-21)12(2)15-18-14-7-5-4-6-13(14)16(22)19-15/h4-7,12H,3,8-11H2,1-2H3,(H,18,19,22). The molecule has 0 radical (unpaired) electrons. The van der Waals surface area contributed by atoms with Crippen LogP contribution in [0.5, 0.6) is 0 Å². The lowest BCUT2D eigenvalue weighted by atomic mass is 10.2. The highest BCUT2D eigenvalue weighted by atomic mass is 16.6. The van der Waals surface area contributed by atoms with E-state index in [1.54, 1.807) is 17.9 Å². The number of aromatic nitrogens is 2. The van der Waals surface area contributed by atoms with Crippen molar-refractivity contribution < 1.29 is 9.53 Å². The lowest BCUT2D eigenvalue weighted by molar-refractivity contribution is 0.0673. The first-order valence-corrected chi connectivity index (χ1v) is 8.25. The van der Waals surface area contributed by atoms with Crippen LogP contribution in [0, 0.1) is 0 Å². The molecule has 24 heavy (non-hydrogen) atoms. The average molecular weight is 330 g/mol. The molecule has 1 fully saturated rings. The number of amides is 1. The molecule has 2 aromatic rings. The number of piperazine rings is 1. The van der Waals surface area contributed by atoms with Crippen LogP contribution in [0.1, 0.15) is 25.7 Å². The van der Waals surface area contributed by atoms with Gasteiger partial charge in [-0.25, -0.2) is 9.78 Å². The van der Waals surface area contributed by atoms with Gasteiger partial charge < -0.3 is 14.6 Å². The minimum absolute atomic E-state index is 0.0216. The quantitative estimate of drug-likeness (QED) is 0.928. The number of H-pyrrole nitrogens is 1. The molecule has 2 heterocycles. The third-order valence-corrected chi connectivity index (χ3v) is 4.41. The number of rotatable bonds is 3. The molecule has 0 bridgehead atoms. The second kappa shape index (κ2) is 7.00. The Morgan fingerprint density at radius 2 is 2.00 bits per heavy atom. The summed E-state index contributed by atoms with van der Waals surface area (Å²) in [5.74, 6) is 0.656. The number of hydrogen-bond acceptors (Lipinski definition) is 5. The van der Waals surface area contributed by atoms with E-state index in [0.29, 0.717) is 36.4 Å². The van der Waals surface area contributed by atoms with Gasteiger partial charge in [0.05, 0.1) is 23.6 Å². The molecule has 1 saturated heterocycles. The number of para-hydroxylation sites is 1. The summed E-state index contributed by atoms with van der Waals surface area (Å²) in [6.07, 6.45) is -0.262. The maximum atomic E-state index is 12.2. The highest BCUT2D eigenvalue weighted by Gasteiger charge is 2.26. The summed E-state index contributed by atoms with van der Waals surface area (Å²) in [5, 5.41) is 0.598. The largest absolute Gasteiger partial charge is 0.450 e. The van der Waals surface area contributed by atoms with Crippen LogP contribution < -0.4 is 5.56 Å². The van der Waals surface area contributed by atoms with Crippen molar-refractivity contribution in [3.8, 4) is 0 Å². The van der Waals surface area contributed by atoms with Crippen molar-refractivity contribution in [2.24, 2.45) is 0 Å². The lowest BCUT2D eigenvalue weighted by Gasteiger charge is -2.37. The first-order valence-electron chi connectivity index (χ1n) is 8.25. The Kier molecular flexibility index (Phi) is 4.80. The smallest absolute Gasteiger partial charge is 0.409 e. The number of aromatic amines is 1. The van der Waals surface area contributed by atoms with Crippen LogP contribution in [-0.4, -0.2) is 58.6 Å². The van der Waals surface area contributed by atoms with Gasteiger partial charge in [0, 0.05) is 26.2 Å². The Hall–Kier alpha value is -2.41. The number of hydrogen-bond donors (Lipinski definition) is 1. The number of benzene rings is 1. The minimum Gasteiger partial charge on any atom is -0.450 e. The second-order valence-corrected chi connectivity index (χ2v) is 5.87. The van der Waals surface area contributed by atoms with E-state index in [4.69, 9.17) is 4.74 Å². The molecule has 7 nitrogen and oxygen atoms in total. The molecule has 0 saturated carbocycles. The molecular formula is C17H22N4O3. The molecule has 1 N–H and O–H groups in total. The van der Waals surface area contributed by atoms with Gasteiger partial charge in [-0.1, -0.05) is 12.1 Å². The van der Waals surface area contributed by atoms with Crippen LogP contribution in [-0.2, 0) is 4.74 Å². The third kappa shape index (κ3) is 3.26. The van der Waals surface area contributed by atoms with Crippen molar-refractivity contribution in [3.63, 3.8) is 0 Å². The Morgan fingerprint density at radius 3 is 2.71 bits per heavy atom. The van der Waals surface area contributed by atoms with E-state index in [9.17, 15) is 9.59 Å². The van der Waals surface area contributed by atoms with Gasteiger partial charge in [0.15, 0.2) is 0 Å². The summed E-state index contributed by atoms with van der Waals surface area (Å²) in [7, 11) is 0. The lowest BCUT2D eigenvalue weighted by Crippen LogP contribution is -2.49. The molecule has 1 aromatic heterocycles. The van der Waals surface area contributed by atoms with Crippen molar-refractivity contribution >= 4 is 17.0 Å². The molecule has 1 amide bonds. The summed E-state index contributed by atoms with van der Waals surface area (Å²) in [6, 6.07) is 7.30. The van der Waals surface area contributed by atoms with Crippen molar-refractivity contribution in [2.45, 2.75) is 19.9 Å². The van der Waals surface area contributed by atoms with Crippen LogP contribution in [0.25, 0.3) is 10.9 Å². The van der Waals surface area contributed by atoms with Gasteiger partial charge in [0.2, 0.25) is 0 Å². The predicted octanol–water partition coefficient (Wildman–Crippen LogP) is 1.76. The number of carbonyl (C=O) groups excluding carboxylic acids is 1. The first kappa shape index (κ1) is 16.4. The molecule has 1 aromatic carbocycles. The van der Waals surface area contributed by atoms with E-state index in [2.05, 4.69) is 14.9 Å². The molecule has 1 unspecified atom stereocenters. The molecule has 1 atom stereocenters. The van der Waals surface area contributed by atoms with Gasteiger partial charge in [-0.3, -0.25) is 9.69 Å². The Morgan fingerprint density at radius 1 is 1.29 bits per heavy atom. The van der Waals surface area contributed by atoms with Crippen molar-refractivity contribution in [1.82, 2.24) is 19.8 Å². The summed E-state index contributed by atoms with van der Waals surface area (Å²) < 4.78 is 5.03. The highest BCUT2D eigenvalue weighted by molar-refractivity contribution is 5.77. The summed E-state index contributed by atoms with van der Waals surface area (Å²) in [6.45, 7) is 6.87. The molecule has 0 spiro atoms. The molecule has 128 valence electrons. The van der Waals surface area contributed by atoms with Crippen molar-refractivity contribution in [3.05, 3.63) is 40.4 Å². The Bertz CT molecular complexity index is 781. The number of fused-ring (bicyclic) bond motifs is 1. The first-order chi connectivity index (χ1) is 11.6. The van der Waals surface area contributed by atoms with Crippen molar-refractivity contribution in [2.75, 3.05) is 32.8 Å². The molecule has 1 aliphatic heterocycles. The van der Waals surface area contributed by atoms with Crippen LogP contribution in [0.3, 0.4) is 0 Å². The SMILES string of the molecule is CCOC(=O)N1CCN(C(C)c2nc3ccccc3c(=O)[nH]2)CC1. The molecule has 3 rings (SSSR count). The van der Waals surface area contributed by atoms with E-state index in [0.717, 1.165) is 13.1 Å². The normalized spacial score (nSPS) is 17.0.